The summed E-state index contributed by atoms with van der Waals surface area (Å²) in [7, 11) is -3.75. The van der Waals surface area contributed by atoms with Crippen molar-refractivity contribution in [2.24, 2.45) is 0 Å². The second-order valence-corrected chi connectivity index (χ2v) is 4.77. The third kappa shape index (κ3) is 2.67. The van der Waals surface area contributed by atoms with E-state index in [1.54, 1.807) is 0 Å². The zero-order chi connectivity index (χ0) is 12.3. The molecule has 7 nitrogen and oxygen atoms in total. The first-order chi connectivity index (χ1) is 8.08. The van der Waals surface area contributed by atoms with Crippen LogP contribution in [0.3, 0.4) is 0 Å². The van der Waals surface area contributed by atoms with Crippen LogP contribution in [0.15, 0.2) is 46.6 Å². The maximum absolute atomic E-state index is 11.8. The number of rotatable bonds is 3. The van der Waals surface area contributed by atoms with Crippen LogP contribution in [0.25, 0.3) is 0 Å². The summed E-state index contributed by atoms with van der Waals surface area (Å²) in [6.07, 6.45) is 5.19. The van der Waals surface area contributed by atoms with Crippen molar-refractivity contribution in [2.75, 3.05) is 4.72 Å². The molecule has 0 aliphatic heterocycles. The van der Waals surface area contributed by atoms with E-state index < -0.39 is 10.0 Å². The molecular formula is C9H8N4O3S. The summed E-state index contributed by atoms with van der Waals surface area (Å²) >= 11 is 0. The van der Waals surface area contributed by atoms with Crippen LogP contribution in [-0.4, -0.2) is 23.4 Å². The quantitative estimate of drug-likeness (QED) is 0.797. The van der Waals surface area contributed by atoms with E-state index in [1.807, 2.05) is 0 Å². The average Bonchev–Trinajstić information content (AvgIpc) is 2.30. The molecule has 0 atom stereocenters. The third-order valence-electron chi connectivity index (χ3n) is 1.87. The smallest absolute Gasteiger partial charge is 0.264 e. The molecule has 2 N–H and O–H groups in total. The standard InChI is InChI=1S/C9H8N4O3S/c14-9-2-1-7(5-12-9)17(15,16)13-8-6-10-3-4-11-8/h1-6H,(H,11,13)(H,12,14). The average molecular weight is 252 g/mol. The van der Waals surface area contributed by atoms with Gasteiger partial charge in [-0.2, -0.15) is 0 Å². The first-order valence-electron chi connectivity index (χ1n) is 4.55. The van der Waals surface area contributed by atoms with Gasteiger partial charge in [-0.05, 0) is 6.07 Å². The summed E-state index contributed by atoms with van der Waals surface area (Å²) in [6, 6.07) is 2.34. The van der Waals surface area contributed by atoms with E-state index in [4.69, 9.17) is 0 Å². The second-order valence-electron chi connectivity index (χ2n) is 3.08. The van der Waals surface area contributed by atoms with Crippen LogP contribution < -0.4 is 10.3 Å². The highest BCUT2D eigenvalue weighted by atomic mass is 32.2. The third-order valence-corrected chi connectivity index (χ3v) is 3.22. The Morgan fingerprint density at radius 1 is 1.24 bits per heavy atom. The van der Waals surface area contributed by atoms with Gasteiger partial charge in [-0.15, -0.1) is 0 Å². The first kappa shape index (κ1) is 11.3. The van der Waals surface area contributed by atoms with Crippen molar-refractivity contribution in [3.8, 4) is 0 Å². The molecule has 17 heavy (non-hydrogen) atoms. The Bertz CT molecular complexity index is 646. The van der Waals surface area contributed by atoms with Crippen molar-refractivity contribution in [3.05, 3.63) is 47.3 Å². The summed E-state index contributed by atoms with van der Waals surface area (Å²) in [5, 5.41) is 0. The van der Waals surface area contributed by atoms with Gasteiger partial charge in [0.2, 0.25) is 5.56 Å². The maximum atomic E-state index is 11.8. The first-order valence-corrected chi connectivity index (χ1v) is 6.04. The van der Waals surface area contributed by atoms with Gasteiger partial charge in [0.1, 0.15) is 4.90 Å². The van der Waals surface area contributed by atoms with Gasteiger partial charge in [-0.1, -0.05) is 0 Å². The van der Waals surface area contributed by atoms with Gasteiger partial charge in [0, 0.05) is 24.7 Å². The Morgan fingerprint density at radius 3 is 2.65 bits per heavy atom. The molecule has 0 spiro atoms. The predicted octanol–water partition coefficient (Wildman–Crippen LogP) is -0.0343. The highest BCUT2D eigenvalue weighted by Crippen LogP contribution is 2.10. The molecule has 0 radical (unpaired) electrons. The Morgan fingerprint density at radius 2 is 2.06 bits per heavy atom. The molecule has 88 valence electrons. The van der Waals surface area contributed by atoms with Gasteiger partial charge in [0.15, 0.2) is 5.82 Å². The highest BCUT2D eigenvalue weighted by Gasteiger charge is 2.14. The second kappa shape index (κ2) is 4.34. The molecule has 2 rings (SSSR count). The highest BCUT2D eigenvalue weighted by molar-refractivity contribution is 7.92. The minimum atomic E-state index is -3.75. The number of H-pyrrole nitrogens is 1. The molecule has 0 aliphatic rings. The van der Waals surface area contributed by atoms with Crippen molar-refractivity contribution >= 4 is 15.8 Å². The van der Waals surface area contributed by atoms with E-state index in [0.29, 0.717) is 0 Å². The van der Waals surface area contributed by atoms with Crippen LogP contribution in [0.4, 0.5) is 5.82 Å². The topological polar surface area (TPSA) is 105 Å². The fourth-order valence-corrected chi connectivity index (χ4v) is 2.07. The molecule has 0 amide bonds. The molecule has 0 fully saturated rings. The lowest BCUT2D eigenvalue weighted by Gasteiger charge is -2.05. The van der Waals surface area contributed by atoms with Crippen LogP contribution in [0, 0.1) is 0 Å². The van der Waals surface area contributed by atoms with E-state index >= 15 is 0 Å². The summed E-state index contributed by atoms with van der Waals surface area (Å²) in [6.45, 7) is 0. The lowest BCUT2D eigenvalue weighted by molar-refractivity contribution is 0.600. The van der Waals surface area contributed by atoms with Crippen molar-refractivity contribution in [1.82, 2.24) is 15.0 Å². The number of hydrogen-bond donors (Lipinski definition) is 2. The van der Waals surface area contributed by atoms with Crippen LogP contribution in [0.5, 0.6) is 0 Å². The summed E-state index contributed by atoms with van der Waals surface area (Å²) in [5.74, 6) is 0.110. The molecular weight excluding hydrogens is 244 g/mol. The number of nitrogens with one attached hydrogen (secondary N) is 2. The number of pyridine rings is 1. The van der Waals surface area contributed by atoms with Crippen molar-refractivity contribution in [3.63, 3.8) is 0 Å². The zero-order valence-corrected chi connectivity index (χ0v) is 9.31. The summed E-state index contributed by atoms with van der Waals surface area (Å²) < 4.78 is 25.9. The molecule has 0 aliphatic carbocycles. The molecule has 2 aromatic heterocycles. The number of anilines is 1. The van der Waals surface area contributed by atoms with Gasteiger partial charge in [0.25, 0.3) is 10.0 Å². The van der Waals surface area contributed by atoms with Crippen molar-refractivity contribution in [1.29, 1.82) is 0 Å². The molecule has 8 heteroatoms. The van der Waals surface area contributed by atoms with Crippen molar-refractivity contribution in [2.45, 2.75) is 4.90 Å². The Labute approximate surface area is 96.6 Å². The van der Waals surface area contributed by atoms with E-state index in [1.165, 1.54) is 24.7 Å². The summed E-state index contributed by atoms with van der Waals surface area (Å²) in [4.78, 5) is 20.6. The summed E-state index contributed by atoms with van der Waals surface area (Å²) in [5.41, 5.74) is -0.372. The van der Waals surface area contributed by atoms with E-state index in [-0.39, 0.29) is 16.3 Å². The number of aromatic nitrogens is 3. The lowest BCUT2D eigenvalue weighted by atomic mass is 10.5. The van der Waals surface area contributed by atoms with E-state index in [0.717, 1.165) is 12.3 Å². The minimum Gasteiger partial charge on any atom is -0.328 e. The van der Waals surface area contributed by atoms with Gasteiger partial charge in [-0.25, -0.2) is 13.4 Å². The van der Waals surface area contributed by atoms with Crippen LogP contribution >= 0.6 is 0 Å². The zero-order valence-electron chi connectivity index (χ0n) is 8.49. The Balaban J connectivity index is 2.32. The number of nitrogens with zero attached hydrogens (tertiary/aromatic N) is 2. The van der Waals surface area contributed by atoms with Crippen LogP contribution in [0.2, 0.25) is 0 Å². The molecule has 0 saturated carbocycles. The largest absolute Gasteiger partial charge is 0.328 e. The van der Waals surface area contributed by atoms with Crippen molar-refractivity contribution < 1.29 is 8.42 Å². The number of hydrogen-bond acceptors (Lipinski definition) is 5. The lowest BCUT2D eigenvalue weighted by Crippen LogP contribution is -2.15. The van der Waals surface area contributed by atoms with E-state index in [9.17, 15) is 13.2 Å². The minimum absolute atomic E-state index is 0.0530. The molecule has 0 aromatic carbocycles. The molecule has 2 aromatic rings. The fourth-order valence-electron chi connectivity index (χ4n) is 1.11. The van der Waals surface area contributed by atoms with Gasteiger partial charge >= 0.3 is 0 Å². The SMILES string of the molecule is O=c1ccc(S(=O)(=O)Nc2cnccn2)c[nH]1. The predicted molar refractivity (Wildman–Crippen MR) is 59.9 cm³/mol. The fraction of sp³-hybridized carbons (Fsp3) is 0. The Hall–Kier alpha value is -2.22. The van der Waals surface area contributed by atoms with Gasteiger partial charge in [-0.3, -0.25) is 14.5 Å². The monoisotopic (exact) mass is 252 g/mol. The normalized spacial score (nSPS) is 11.1. The van der Waals surface area contributed by atoms with Crippen LogP contribution in [-0.2, 0) is 10.0 Å². The van der Waals surface area contributed by atoms with Gasteiger partial charge < -0.3 is 4.98 Å². The molecule has 0 unspecified atom stereocenters. The number of aromatic amines is 1. The number of sulfonamides is 1. The molecule has 2 heterocycles. The van der Waals surface area contributed by atoms with E-state index in [2.05, 4.69) is 19.7 Å². The molecule has 0 saturated heterocycles. The van der Waals surface area contributed by atoms with Gasteiger partial charge in [0.05, 0.1) is 6.20 Å². The van der Waals surface area contributed by atoms with Crippen LogP contribution in [0.1, 0.15) is 0 Å². The maximum Gasteiger partial charge on any atom is 0.264 e. The Kier molecular flexibility index (Phi) is 2.88. The molecule has 0 bridgehead atoms.